The van der Waals surface area contributed by atoms with E-state index >= 15 is 0 Å². The molecule has 2 aromatic carbocycles. The minimum atomic E-state index is -0.669. The van der Waals surface area contributed by atoms with Gasteiger partial charge in [-0.15, -0.1) is 0 Å². The van der Waals surface area contributed by atoms with Crippen molar-refractivity contribution < 1.29 is 34.6 Å². The van der Waals surface area contributed by atoms with Gasteiger partial charge in [0.25, 0.3) is 0 Å². The first-order valence-corrected chi connectivity index (χ1v) is 13.3. The molecule has 0 aliphatic heterocycles. The highest BCUT2D eigenvalue weighted by Crippen LogP contribution is 2.37. The normalized spacial score (nSPS) is 19.3. The Hall–Kier alpha value is -2.68. The van der Waals surface area contributed by atoms with Gasteiger partial charge in [0, 0.05) is 0 Å². The van der Waals surface area contributed by atoms with E-state index in [1.165, 1.54) is 14.2 Å². The van der Waals surface area contributed by atoms with Crippen molar-refractivity contribution in [3.05, 3.63) is 41.5 Å². The lowest BCUT2D eigenvalue weighted by molar-refractivity contribution is 0.0713. The van der Waals surface area contributed by atoms with Gasteiger partial charge in [-0.3, -0.25) is 0 Å². The molecule has 1 fully saturated rings. The van der Waals surface area contributed by atoms with Gasteiger partial charge in [0.2, 0.25) is 5.75 Å². The largest absolute Gasteiger partial charge is 0.504 e. The van der Waals surface area contributed by atoms with E-state index in [4.69, 9.17) is 14.2 Å². The number of phenols is 2. The van der Waals surface area contributed by atoms with Gasteiger partial charge in [0.05, 0.1) is 32.5 Å². The van der Waals surface area contributed by atoms with E-state index < -0.39 is 12.2 Å². The van der Waals surface area contributed by atoms with Crippen LogP contribution in [0.5, 0.6) is 28.7 Å². The number of methoxy groups -OCH3 is 2. The van der Waals surface area contributed by atoms with Crippen molar-refractivity contribution in [2.75, 3.05) is 27.8 Å². The number of ether oxygens (including phenoxy) is 3. The fraction of sp³-hybridized carbons (Fsp3) is 0.586. The number of hydrogen-bond acceptors (Lipinski definition) is 8. The first-order valence-electron chi connectivity index (χ1n) is 13.3. The number of aryl methyl sites for hydroxylation is 2. The van der Waals surface area contributed by atoms with Crippen molar-refractivity contribution in [2.24, 2.45) is 5.92 Å². The average Bonchev–Trinajstić information content (AvgIpc) is 2.89. The summed E-state index contributed by atoms with van der Waals surface area (Å²) in [6.45, 7) is 1.03. The number of aliphatic hydroxyl groups is 2. The molecule has 0 radical (unpaired) electrons. The Morgan fingerprint density at radius 2 is 1.41 bits per heavy atom. The molecule has 2 atom stereocenters. The van der Waals surface area contributed by atoms with Gasteiger partial charge < -0.3 is 40.0 Å². The fourth-order valence-electron chi connectivity index (χ4n) is 5.04. The summed E-state index contributed by atoms with van der Waals surface area (Å²) < 4.78 is 16.5. The highest BCUT2D eigenvalue weighted by atomic mass is 16.5. The van der Waals surface area contributed by atoms with E-state index in [0.29, 0.717) is 48.8 Å². The maximum atomic E-state index is 10.5. The van der Waals surface area contributed by atoms with E-state index in [1.54, 1.807) is 18.2 Å². The van der Waals surface area contributed by atoms with E-state index in [-0.39, 0.29) is 24.0 Å². The van der Waals surface area contributed by atoms with E-state index in [2.05, 4.69) is 5.32 Å². The summed E-state index contributed by atoms with van der Waals surface area (Å²) >= 11 is 0. The van der Waals surface area contributed by atoms with Crippen molar-refractivity contribution in [1.29, 1.82) is 0 Å². The van der Waals surface area contributed by atoms with Gasteiger partial charge in [0.15, 0.2) is 23.0 Å². The van der Waals surface area contributed by atoms with Gasteiger partial charge in [-0.1, -0.05) is 6.07 Å². The lowest BCUT2D eigenvalue weighted by atomic mass is 9.87. The standard InChI is InChI=1S/C29H43NO7/c1-30-18-20-6-11-24(12-7-20)37-26-14-19(8-13-25(26)33)4-9-22(31)17-23(32)10-5-21-15-27(35-2)29(34)28(16-21)36-3/h8,13-16,20,22-24,30-34H,4-7,9-12,17-18H2,1-3H3. The van der Waals surface area contributed by atoms with Crippen LogP contribution in [-0.4, -0.2) is 66.6 Å². The second-order valence-electron chi connectivity index (χ2n) is 10.1. The minimum absolute atomic E-state index is 0.0515. The van der Waals surface area contributed by atoms with E-state index in [0.717, 1.165) is 43.4 Å². The van der Waals surface area contributed by atoms with E-state index in [1.807, 2.05) is 19.2 Å². The molecule has 3 rings (SSSR count). The third kappa shape index (κ3) is 8.69. The molecule has 8 heteroatoms. The van der Waals surface area contributed by atoms with Gasteiger partial charge in [-0.25, -0.2) is 0 Å². The minimum Gasteiger partial charge on any atom is -0.504 e. The first kappa shape index (κ1) is 28.9. The summed E-state index contributed by atoms with van der Waals surface area (Å²) in [6, 6.07) is 8.81. The van der Waals surface area contributed by atoms with Crippen LogP contribution >= 0.6 is 0 Å². The average molecular weight is 518 g/mol. The predicted molar refractivity (Wildman–Crippen MR) is 143 cm³/mol. The maximum absolute atomic E-state index is 10.5. The Balaban J connectivity index is 1.45. The lowest BCUT2D eigenvalue weighted by Crippen LogP contribution is -2.29. The number of aromatic hydroxyl groups is 2. The van der Waals surface area contributed by atoms with Gasteiger partial charge in [-0.05, 0) is 113 Å². The third-order valence-electron chi connectivity index (χ3n) is 7.22. The van der Waals surface area contributed by atoms with Gasteiger partial charge in [-0.2, -0.15) is 0 Å². The maximum Gasteiger partial charge on any atom is 0.200 e. The van der Waals surface area contributed by atoms with Crippen LogP contribution in [0.15, 0.2) is 30.3 Å². The molecule has 0 saturated heterocycles. The molecule has 5 N–H and O–H groups in total. The lowest BCUT2D eigenvalue weighted by Gasteiger charge is -2.29. The van der Waals surface area contributed by atoms with E-state index in [9.17, 15) is 20.4 Å². The van der Waals surface area contributed by atoms with Crippen LogP contribution in [0.1, 0.15) is 56.1 Å². The molecule has 0 bridgehead atoms. The number of benzene rings is 2. The topological polar surface area (TPSA) is 121 Å². The SMILES string of the molecule is CNCC1CCC(Oc2cc(CCC(O)CC(O)CCc3cc(OC)c(O)c(OC)c3)ccc2O)CC1. The molecular weight excluding hydrogens is 474 g/mol. The predicted octanol–water partition coefficient (Wildman–Crippen LogP) is 3.95. The molecule has 37 heavy (non-hydrogen) atoms. The van der Waals surface area contributed by atoms with Crippen LogP contribution in [0, 0.1) is 5.92 Å². The molecule has 1 aliphatic carbocycles. The summed E-state index contributed by atoms with van der Waals surface area (Å²) in [5.41, 5.74) is 1.85. The Kier molecular flexibility index (Phi) is 11.2. The second-order valence-corrected chi connectivity index (χ2v) is 10.1. The number of aliphatic hydroxyl groups excluding tert-OH is 2. The number of hydrogen-bond donors (Lipinski definition) is 5. The molecule has 0 amide bonds. The van der Waals surface area contributed by atoms with Crippen LogP contribution in [0.2, 0.25) is 0 Å². The number of nitrogens with one attached hydrogen (secondary N) is 1. The van der Waals surface area contributed by atoms with Crippen molar-refractivity contribution in [3.63, 3.8) is 0 Å². The molecule has 0 aromatic heterocycles. The van der Waals surface area contributed by atoms with Crippen molar-refractivity contribution in [3.8, 4) is 28.7 Å². The quantitative estimate of drug-likeness (QED) is 0.256. The molecule has 206 valence electrons. The third-order valence-corrected chi connectivity index (χ3v) is 7.22. The smallest absolute Gasteiger partial charge is 0.200 e. The van der Waals surface area contributed by atoms with Crippen molar-refractivity contribution in [1.82, 2.24) is 5.32 Å². The van der Waals surface area contributed by atoms with Crippen molar-refractivity contribution in [2.45, 2.75) is 76.1 Å². The fourth-order valence-corrected chi connectivity index (χ4v) is 5.04. The van der Waals surface area contributed by atoms with Crippen LogP contribution in [0.3, 0.4) is 0 Å². The number of phenolic OH excluding ortho intramolecular Hbond substituents is 2. The van der Waals surface area contributed by atoms with Crippen molar-refractivity contribution >= 4 is 0 Å². The van der Waals surface area contributed by atoms with Gasteiger partial charge in [0.1, 0.15) is 0 Å². The van der Waals surface area contributed by atoms with Gasteiger partial charge >= 0.3 is 0 Å². The summed E-state index contributed by atoms with van der Waals surface area (Å²) in [7, 11) is 4.93. The second kappa shape index (κ2) is 14.3. The number of rotatable bonds is 14. The van der Waals surface area contributed by atoms with Crippen LogP contribution < -0.4 is 19.5 Å². The summed E-state index contributed by atoms with van der Waals surface area (Å²) in [5.74, 6) is 1.92. The monoisotopic (exact) mass is 517 g/mol. The molecular formula is C29H43NO7. The molecule has 2 aromatic rings. The Labute approximate surface area is 220 Å². The summed E-state index contributed by atoms with van der Waals surface area (Å²) in [4.78, 5) is 0. The first-order chi connectivity index (χ1) is 17.8. The zero-order chi connectivity index (χ0) is 26.8. The Morgan fingerprint density at radius 3 is 1.97 bits per heavy atom. The molecule has 2 unspecified atom stereocenters. The highest BCUT2D eigenvalue weighted by molar-refractivity contribution is 5.52. The van der Waals surface area contributed by atoms with Crippen LogP contribution in [-0.2, 0) is 12.8 Å². The van der Waals surface area contributed by atoms with Crippen LogP contribution in [0.4, 0.5) is 0 Å². The zero-order valence-corrected chi connectivity index (χ0v) is 22.3. The molecule has 0 heterocycles. The van der Waals surface area contributed by atoms with Crippen LogP contribution in [0.25, 0.3) is 0 Å². The molecule has 1 saturated carbocycles. The Morgan fingerprint density at radius 1 is 0.838 bits per heavy atom. The Bertz CT molecular complexity index is 950. The molecule has 0 spiro atoms. The highest BCUT2D eigenvalue weighted by Gasteiger charge is 2.23. The summed E-state index contributed by atoms with van der Waals surface area (Å²) in [5, 5.41) is 44.6. The summed E-state index contributed by atoms with van der Waals surface area (Å²) in [6.07, 6.45) is 5.39. The molecule has 1 aliphatic rings. The molecule has 8 nitrogen and oxygen atoms in total. The zero-order valence-electron chi connectivity index (χ0n) is 22.3.